The number of aryl methyl sites for hydroxylation is 1. The van der Waals surface area contributed by atoms with E-state index in [4.69, 9.17) is 0 Å². The minimum absolute atomic E-state index is 0.170. The van der Waals surface area contributed by atoms with Gasteiger partial charge in [0.25, 0.3) is 0 Å². The van der Waals surface area contributed by atoms with Crippen molar-refractivity contribution in [1.82, 2.24) is 15.3 Å². The van der Waals surface area contributed by atoms with Crippen molar-refractivity contribution in [3.63, 3.8) is 0 Å². The molecule has 0 aliphatic carbocycles. The van der Waals surface area contributed by atoms with Crippen LogP contribution in [0.5, 0.6) is 0 Å². The lowest BCUT2D eigenvalue weighted by Gasteiger charge is -2.40. The molecule has 82 valence electrons. The van der Waals surface area contributed by atoms with E-state index < -0.39 is 0 Å². The first kappa shape index (κ1) is 10.4. The van der Waals surface area contributed by atoms with Crippen LogP contribution in [0.1, 0.15) is 19.7 Å². The Balaban J connectivity index is 2.13. The Kier molecular flexibility index (Phi) is 2.61. The summed E-state index contributed by atoms with van der Waals surface area (Å²) in [6.45, 7) is 9.38. The fraction of sp³-hybridized carbons (Fsp3) is 0.636. The molecule has 0 saturated carbocycles. The molecule has 0 amide bonds. The number of piperazine rings is 1. The van der Waals surface area contributed by atoms with E-state index in [1.54, 1.807) is 0 Å². The Morgan fingerprint density at radius 2 is 2.00 bits per heavy atom. The van der Waals surface area contributed by atoms with Crippen LogP contribution in [-0.2, 0) is 0 Å². The smallest absolute Gasteiger partial charge is 0.125 e. The van der Waals surface area contributed by atoms with Crippen LogP contribution < -0.4 is 10.2 Å². The second-order valence-corrected chi connectivity index (χ2v) is 4.72. The molecule has 15 heavy (non-hydrogen) atoms. The summed E-state index contributed by atoms with van der Waals surface area (Å²) in [5.41, 5.74) is 1.29. The minimum Gasteiger partial charge on any atom is -0.366 e. The van der Waals surface area contributed by atoms with Crippen molar-refractivity contribution in [2.75, 3.05) is 24.5 Å². The quantitative estimate of drug-likeness (QED) is 0.743. The second kappa shape index (κ2) is 3.77. The predicted molar refractivity (Wildman–Crippen MR) is 61.1 cm³/mol. The summed E-state index contributed by atoms with van der Waals surface area (Å²) in [5.74, 6) is 0.827. The number of hydrogen-bond donors (Lipinski definition) is 1. The number of nitrogens with zero attached hydrogens (tertiary/aromatic N) is 3. The van der Waals surface area contributed by atoms with Gasteiger partial charge in [0, 0.05) is 25.2 Å². The van der Waals surface area contributed by atoms with Gasteiger partial charge in [0.05, 0.1) is 18.1 Å². The summed E-state index contributed by atoms with van der Waals surface area (Å²) in [6.07, 6.45) is 3.81. The van der Waals surface area contributed by atoms with Gasteiger partial charge < -0.3 is 10.2 Å². The van der Waals surface area contributed by atoms with Crippen LogP contribution in [0.3, 0.4) is 0 Å². The van der Waals surface area contributed by atoms with Crippen molar-refractivity contribution in [1.29, 1.82) is 0 Å². The van der Waals surface area contributed by atoms with Crippen LogP contribution in [0.4, 0.5) is 5.69 Å². The molecule has 0 spiro atoms. The number of hydrogen-bond acceptors (Lipinski definition) is 4. The van der Waals surface area contributed by atoms with Crippen molar-refractivity contribution in [2.24, 2.45) is 0 Å². The Morgan fingerprint density at radius 1 is 1.33 bits per heavy atom. The Hall–Kier alpha value is -1.16. The van der Waals surface area contributed by atoms with E-state index >= 15 is 0 Å². The summed E-state index contributed by atoms with van der Waals surface area (Å²) in [6, 6.07) is 0. The van der Waals surface area contributed by atoms with Crippen molar-refractivity contribution in [2.45, 2.75) is 26.3 Å². The molecule has 0 radical (unpaired) electrons. The molecular weight excluding hydrogens is 188 g/mol. The molecule has 0 aromatic carbocycles. The van der Waals surface area contributed by atoms with Gasteiger partial charge in [-0.3, -0.25) is 0 Å². The van der Waals surface area contributed by atoms with Gasteiger partial charge >= 0.3 is 0 Å². The molecule has 1 aromatic heterocycles. The van der Waals surface area contributed by atoms with Gasteiger partial charge in [-0.2, -0.15) is 0 Å². The maximum atomic E-state index is 4.23. The van der Waals surface area contributed by atoms with E-state index in [-0.39, 0.29) is 5.54 Å². The van der Waals surface area contributed by atoms with E-state index in [2.05, 4.69) is 34.0 Å². The molecule has 1 aromatic rings. The maximum absolute atomic E-state index is 4.23. The first-order valence-corrected chi connectivity index (χ1v) is 5.35. The maximum Gasteiger partial charge on any atom is 0.125 e. The molecule has 1 N–H and O–H groups in total. The molecule has 4 nitrogen and oxygen atoms in total. The minimum atomic E-state index is 0.170. The lowest BCUT2D eigenvalue weighted by Crippen LogP contribution is -2.57. The summed E-state index contributed by atoms with van der Waals surface area (Å²) in [5, 5.41) is 3.49. The lowest BCUT2D eigenvalue weighted by molar-refractivity contribution is 0.353. The first-order chi connectivity index (χ1) is 7.07. The highest BCUT2D eigenvalue weighted by atomic mass is 15.2. The van der Waals surface area contributed by atoms with E-state index in [1.165, 1.54) is 0 Å². The molecule has 1 fully saturated rings. The number of aromatic nitrogens is 2. The van der Waals surface area contributed by atoms with E-state index in [9.17, 15) is 0 Å². The Morgan fingerprint density at radius 3 is 2.60 bits per heavy atom. The monoisotopic (exact) mass is 206 g/mol. The molecule has 0 atom stereocenters. The highest BCUT2D eigenvalue weighted by Crippen LogP contribution is 2.17. The average Bonchev–Trinajstić information content (AvgIpc) is 2.17. The van der Waals surface area contributed by atoms with E-state index in [0.29, 0.717) is 0 Å². The Labute approximate surface area is 90.7 Å². The molecule has 1 aliphatic heterocycles. The fourth-order valence-electron chi connectivity index (χ4n) is 1.91. The zero-order valence-corrected chi connectivity index (χ0v) is 9.62. The summed E-state index contributed by atoms with van der Waals surface area (Å²) >= 11 is 0. The van der Waals surface area contributed by atoms with Crippen LogP contribution in [0.2, 0.25) is 0 Å². The third kappa shape index (κ3) is 2.45. The van der Waals surface area contributed by atoms with Gasteiger partial charge in [-0.05, 0) is 20.8 Å². The van der Waals surface area contributed by atoms with E-state index in [0.717, 1.165) is 31.1 Å². The zero-order valence-electron chi connectivity index (χ0n) is 9.62. The van der Waals surface area contributed by atoms with Gasteiger partial charge in [0.15, 0.2) is 0 Å². The van der Waals surface area contributed by atoms with Gasteiger partial charge in [0.1, 0.15) is 5.82 Å². The van der Waals surface area contributed by atoms with Crippen LogP contribution in [0.15, 0.2) is 12.4 Å². The average molecular weight is 206 g/mol. The third-order valence-corrected chi connectivity index (χ3v) is 2.70. The van der Waals surface area contributed by atoms with Crippen LogP contribution in [0.25, 0.3) is 0 Å². The molecule has 1 saturated heterocycles. The highest BCUT2D eigenvalue weighted by molar-refractivity contribution is 5.43. The van der Waals surface area contributed by atoms with Gasteiger partial charge in [-0.1, -0.05) is 0 Å². The van der Waals surface area contributed by atoms with Crippen molar-refractivity contribution < 1.29 is 0 Å². The number of anilines is 1. The number of rotatable bonds is 1. The summed E-state index contributed by atoms with van der Waals surface area (Å²) in [4.78, 5) is 10.8. The predicted octanol–water partition coefficient (Wildman–Crippen LogP) is 0.973. The molecule has 0 unspecified atom stereocenters. The molecule has 1 aliphatic rings. The first-order valence-electron chi connectivity index (χ1n) is 5.35. The normalized spacial score (nSPS) is 20.3. The standard InChI is InChI=1S/C11H18N4/c1-9-12-6-10(7-13-9)15-5-4-14-11(2,3)8-15/h6-7,14H,4-5,8H2,1-3H3. The SMILES string of the molecule is Cc1ncc(N2CCNC(C)(C)C2)cn1. The van der Waals surface area contributed by atoms with Crippen LogP contribution in [0, 0.1) is 6.92 Å². The number of nitrogens with one attached hydrogen (secondary N) is 1. The molecule has 0 bridgehead atoms. The van der Waals surface area contributed by atoms with Crippen LogP contribution >= 0.6 is 0 Å². The van der Waals surface area contributed by atoms with Crippen LogP contribution in [-0.4, -0.2) is 35.1 Å². The van der Waals surface area contributed by atoms with Gasteiger partial charge in [-0.25, -0.2) is 9.97 Å². The summed E-state index contributed by atoms with van der Waals surface area (Å²) in [7, 11) is 0. The molecular formula is C11H18N4. The highest BCUT2D eigenvalue weighted by Gasteiger charge is 2.25. The fourth-order valence-corrected chi connectivity index (χ4v) is 1.91. The summed E-state index contributed by atoms with van der Waals surface area (Å²) < 4.78 is 0. The van der Waals surface area contributed by atoms with Crippen molar-refractivity contribution >= 4 is 5.69 Å². The van der Waals surface area contributed by atoms with Gasteiger partial charge in [-0.15, -0.1) is 0 Å². The lowest BCUT2D eigenvalue weighted by atomic mass is 10.0. The topological polar surface area (TPSA) is 41.1 Å². The third-order valence-electron chi connectivity index (χ3n) is 2.70. The molecule has 4 heteroatoms. The van der Waals surface area contributed by atoms with E-state index in [1.807, 2.05) is 19.3 Å². The second-order valence-electron chi connectivity index (χ2n) is 4.72. The van der Waals surface area contributed by atoms with Crippen molar-refractivity contribution in [3.8, 4) is 0 Å². The molecule has 2 rings (SSSR count). The van der Waals surface area contributed by atoms with Gasteiger partial charge in [0.2, 0.25) is 0 Å². The Bertz CT molecular complexity index is 331. The molecule has 2 heterocycles. The van der Waals surface area contributed by atoms with Crippen molar-refractivity contribution in [3.05, 3.63) is 18.2 Å². The zero-order chi connectivity index (χ0) is 10.9. The largest absolute Gasteiger partial charge is 0.366 e.